The van der Waals surface area contributed by atoms with Crippen molar-refractivity contribution in [1.29, 1.82) is 5.26 Å². The number of aromatic nitrogens is 2. The summed E-state index contributed by atoms with van der Waals surface area (Å²) in [6.45, 7) is -0.0298. The van der Waals surface area contributed by atoms with Gasteiger partial charge >= 0.3 is 0 Å². The fraction of sp³-hybridized carbons (Fsp3) is 0.0833. The number of rotatable bonds is 4. The van der Waals surface area contributed by atoms with Crippen LogP contribution in [0.4, 0.5) is 5.69 Å². The molecule has 0 saturated heterocycles. The van der Waals surface area contributed by atoms with Gasteiger partial charge in [0.15, 0.2) is 6.61 Å². The van der Waals surface area contributed by atoms with Crippen LogP contribution < -0.4 is 10.1 Å². The Hall–Kier alpha value is -2.81. The average Bonchev–Trinajstić information content (AvgIpc) is 2.91. The summed E-state index contributed by atoms with van der Waals surface area (Å²) in [4.78, 5) is 11.7. The number of benzene rings is 1. The third kappa shape index (κ3) is 2.86. The van der Waals surface area contributed by atoms with E-state index < -0.39 is 0 Å². The number of nitrogens with one attached hydrogen (secondary N) is 2. The molecule has 2 rings (SSSR count). The molecule has 0 bridgehead atoms. The van der Waals surface area contributed by atoms with Gasteiger partial charge in [0.25, 0.3) is 5.91 Å². The van der Waals surface area contributed by atoms with E-state index in [-0.39, 0.29) is 12.5 Å². The molecular weight excluding hydrogens is 232 g/mol. The average molecular weight is 242 g/mol. The number of carbonyl (C=O) groups is 1. The van der Waals surface area contributed by atoms with Crippen LogP contribution in [-0.2, 0) is 0 Å². The molecule has 1 aromatic heterocycles. The van der Waals surface area contributed by atoms with Crippen LogP contribution in [0, 0.1) is 11.3 Å². The highest BCUT2D eigenvalue weighted by molar-refractivity contribution is 6.02. The molecule has 1 amide bonds. The van der Waals surface area contributed by atoms with Gasteiger partial charge in [0, 0.05) is 18.0 Å². The zero-order valence-corrected chi connectivity index (χ0v) is 9.38. The summed E-state index contributed by atoms with van der Waals surface area (Å²) in [5, 5.41) is 17.4. The molecule has 2 aromatic rings. The number of ether oxygens (including phenoxy) is 1. The molecule has 0 fully saturated rings. The van der Waals surface area contributed by atoms with Gasteiger partial charge in [0.1, 0.15) is 17.5 Å². The van der Waals surface area contributed by atoms with Crippen LogP contribution >= 0.6 is 0 Å². The van der Waals surface area contributed by atoms with Crippen LogP contribution in [-0.4, -0.2) is 22.7 Å². The predicted molar refractivity (Wildman–Crippen MR) is 64.1 cm³/mol. The third-order valence-electron chi connectivity index (χ3n) is 2.14. The third-order valence-corrected chi connectivity index (χ3v) is 2.14. The first-order valence-corrected chi connectivity index (χ1v) is 5.20. The van der Waals surface area contributed by atoms with Gasteiger partial charge in [-0.2, -0.15) is 10.4 Å². The SMILES string of the molecule is N#CCOc1cccc(NC(=O)c2ccn[nH]2)c1. The first-order chi connectivity index (χ1) is 8.79. The van der Waals surface area contributed by atoms with E-state index in [9.17, 15) is 4.79 Å². The van der Waals surface area contributed by atoms with Crippen molar-refractivity contribution in [3.05, 3.63) is 42.2 Å². The lowest BCUT2D eigenvalue weighted by Crippen LogP contribution is -2.12. The minimum Gasteiger partial charge on any atom is -0.479 e. The van der Waals surface area contributed by atoms with Gasteiger partial charge in [-0.25, -0.2) is 0 Å². The predicted octanol–water partition coefficient (Wildman–Crippen LogP) is 1.56. The van der Waals surface area contributed by atoms with E-state index in [4.69, 9.17) is 10.00 Å². The standard InChI is InChI=1S/C12H10N4O2/c13-5-7-18-10-3-1-2-9(8-10)15-12(17)11-4-6-14-16-11/h1-4,6,8H,7H2,(H,14,16)(H,15,17). The Kier molecular flexibility index (Phi) is 3.56. The second-order valence-electron chi connectivity index (χ2n) is 3.40. The van der Waals surface area contributed by atoms with Gasteiger partial charge in [0.2, 0.25) is 0 Å². The molecule has 0 aliphatic rings. The Morgan fingerprint density at radius 1 is 1.50 bits per heavy atom. The first kappa shape index (κ1) is 11.7. The van der Waals surface area contributed by atoms with Crippen molar-refractivity contribution in [3.63, 3.8) is 0 Å². The van der Waals surface area contributed by atoms with Crippen LogP contribution in [0.1, 0.15) is 10.5 Å². The van der Waals surface area contributed by atoms with Crippen molar-refractivity contribution in [1.82, 2.24) is 10.2 Å². The number of nitrogens with zero attached hydrogens (tertiary/aromatic N) is 2. The highest BCUT2D eigenvalue weighted by Crippen LogP contribution is 2.17. The van der Waals surface area contributed by atoms with Crippen molar-refractivity contribution in [2.45, 2.75) is 0 Å². The second-order valence-corrected chi connectivity index (χ2v) is 3.40. The van der Waals surface area contributed by atoms with Gasteiger partial charge < -0.3 is 10.1 Å². The summed E-state index contributed by atoms with van der Waals surface area (Å²) in [5.41, 5.74) is 0.961. The Morgan fingerprint density at radius 2 is 2.39 bits per heavy atom. The summed E-state index contributed by atoms with van der Waals surface area (Å²) in [7, 11) is 0. The fourth-order valence-corrected chi connectivity index (χ4v) is 1.36. The molecular formula is C12H10N4O2. The molecule has 0 aliphatic heterocycles. The zero-order chi connectivity index (χ0) is 12.8. The number of anilines is 1. The maximum atomic E-state index is 11.7. The summed E-state index contributed by atoms with van der Waals surface area (Å²) >= 11 is 0. The molecule has 0 aliphatic carbocycles. The highest BCUT2D eigenvalue weighted by Gasteiger charge is 2.07. The van der Waals surface area contributed by atoms with Gasteiger partial charge in [0.05, 0.1) is 0 Å². The lowest BCUT2D eigenvalue weighted by Gasteiger charge is -2.06. The lowest BCUT2D eigenvalue weighted by atomic mass is 10.3. The largest absolute Gasteiger partial charge is 0.479 e. The molecule has 0 saturated carbocycles. The summed E-state index contributed by atoms with van der Waals surface area (Å²) < 4.78 is 5.14. The Balaban J connectivity index is 2.05. The molecule has 18 heavy (non-hydrogen) atoms. The van der Waals surface area contributed by atoms with Crippen molar-refractivity contribution in [2.24, 2.45) is 0 Å². The van der Waals surface area contributed by atoms with Gasteiger partial charge in [-0.05, 0) is 18.2 Å². The number of amides is 1. The van der Waals surface area contributed by atoms with Crippen LogP contribution in [0.15, 0.2) is 36.5 Å². The van der Waals surface area contributed by atoms with E-state index in [1.54, 1.807) is 30.3 Å². The molecule has 0 spiro atoms. The van der Waals surface area contributed by atoms with Gasteiger partial charge in [-0.1, -0.05) is 6.07 Å². The maximum Gasteiger partial charge on any atom is 0.273 e. The topological polar surface area (TPSA) is 90.8 Å². The first-order valence-electron chi connectivity index (χ1n) is 5.20. The Morgan fingerprint density at radius 3 is 3.11 bits per heavy atom. The molecule has 6 heteroatoms. The lowest BCUT2D eigenvalue weighted by molar-refractivity contribution is 0.102. The van der Waals surface area contributed by atoms with Gasteiger partial charge in [-0.15, -0.1) is 0 Å². The van der Waals surface area contributed by atoms with E-state index in [2.05, 4.69) is 15.5 Å². The summed E-state index contributed by atoms with van der Waals surface area (Å²) in [6.07, 6.45) is 1.50. The highest BCUT2D eigenvalue weighted by atomic mass is 16.5. The Bertz CT molecular complexity index is 572. The minimum absolute atomic E-state index is 0.0298. The molecule has 2 N–H and O–H groups in total. The van der Waals surface area contributed by atoms with E-state index >= 15 is 0 Å². The van der Waals surface area contributed by atoms with Crippen LogP contribution in [0.5, 0.6) is 5.75 Å². The summed E-state index contributed by atoms with van der Waals surface area (Å²) in [6, 6.07) is 10.3. The quantitative estimate of drug-likeness (QED) is 0.851. The molecule has 0 unspecified atom stereocenters. The van der Waals surface area contributed by atoms with E-state index in [0.717, 1.165) is 0 Å². The van der Waals surface area contributed by atoms with Crippen molar-refractivity contribution < 1.29 is 9.53 Å². The molecule has 90 valence electrons. The number of nitriles is 1. The number of aromatic amines is 1. The van der Waals surface area contributed by atoms with Crippen molar-refractivity contribution in [3.8, 4) is 11.8 Å². The number of H-pyrrole nitrogens is 1. The maximum absolute atomic E-state index is 11.7. The molecule has 1 aromatic carbocycles. The Labute approximate surface area is 103 Å². The minimum atomic E-state index is -0.287. The monoisotopic (exact) mass is 242 g/mol. The zero-order valence-electron chi connectivity index (χ0n) is 9.38. The molecule has 0 atom stereocenters. The number of hydrogen-bond acceptors (Lipinski definition) is 4. The van der Waals surface area contributed by atoms with E-state index in [1.807, 2.05) is 6.07 Å². The van der Waals surface area contributed by atoms with E-state index in [1.165, 1.54) is 6.20 Å². The molecule has 0 radical (unpaired) electrons. The van der Waals surface area contributed by atoms with Crippen molar-refractivity contribution in [2.75, 3.05) is 11.9 Å². The molecule has 1 heterocycles. The number of carbonyl (C=O) groups excluding carboxylic acids is 1. The van der Waals surface area contributed by atoms with Crippen molar-refractivity contribution >= 4 is 11.6 Å². The van der Waals surface area contributed by atoms with Crippen LogP contribution in [0.3, 0.4) is 0 Å². The smallest absolute Gasteiger partial charge is 0.273 e. The normalized spacial score (nSPS) is 9.50. The van der Waals surface area contributed by atoms with Crippen LogP contribution in [0.25, 0.3) is 0 Å². The second kappa shape index (κ2) is 5.50. The fourth-order valence-electron chi connectivity index (χ4n) is 1.36. The van der Waals surface area contributed by atoms with E-state index in [0.29, 0.717) is 17.1 Å². The van der Waals surface area contributed by atoms with Crippen LogP contribution in [0.2, 0.25) is 0 Å². The number of hydrogen-bond donors (Lipinski definition) is 2. The summed E-state index contributed by atoms with van der Waals surface area (Å²) in [5.74, 6) is 0.240. The van der Waals surface area contributed by atoms with Gasteiger partial charge in [-0.3, -0.25) is 9.89 Å². The molecule has 6 nitrogen and oxygen atoms in total.